The van der Waals surface area contributed by atoms with Crippen molar-refractivity contribution in [2.45, 2.75) is 13.5 Å². The quantitative estimate of drug-likeness (QED) is 0.809. The number of hydrogen-bond donors (Lipinski definition) is 2. The predicted molar refractivity (Wildman–Crippen MR) is 78.2 cm³/mol. The number of carbonyl (C=O) groups is 2. The zero-order chi connectivity index (χ0) is 15.4. The molecule has 0 saturated carbocycles. The Morgan fingerprint density at radius 2 is 2.05 bits per heavy atom. The van der Waals surface area contributed by atoms with Crippen LogP contribution < -0.4 is 11.5 Å². The highest BCUT2D eigenvalue weighted by atomic mass is 16.3. The molecule has 0 unspecified atom stereocenters. The molecule has 21 heavy (non-hydrogen) atoms. The molecule has 110 valence electrons. The highest BCUT2D eigenvalue weighted by Crippen LogP contribution is 2.15. The first-order chi connectivity index (χ1) is 9.97. The number of furan rings is 1. The van der Waals surface area contributed by atoms with E-state index in [1.165, 1.54) is 11.2 Å². The van der Waals surface area contributed by atoms with E-state index in [2.05, 4.69) is 0 Å². The second-order valence-electron chi connectivity index (χ2n) is 4.76. The lowest BCUT2D eigenvalue weighted by Crippen LogP contribution is -2.38. The molecule has 0 saturated heterocycles. The normalized spacial score (nSPS) is 10.3. The Hall–Kier alpha value is -2.76. The summed E-state index contributed by atoms with van der Waals surface area (Å²) in [6, 6.07) is 8.71. The monoisotopic (exact) mass is 287 g/mol. The number of amides is 2. The third-order valence-corrected chi connectivity index (χ3v) is 3.05. The van der Waals surface area contributed by atoms with Crippen molar-refractivity contribution < 1.29 is 14.0 Å². The first-order valence-electron chi connectivity index (χ1n) is 6.43. The van der Waals surface area contributed by atoms with Gasteiger partial charge in [0, 0.05) is 12.2 Å². The predicted octanol–water partition coefficient (Wildman–Crippen LogP) is 1.30. The molecule has 0 aliphatic rings. The number of nitrogens with zero attached hydrogens (tertiary/aromatic N) is 1. The van der Waals surface area contributed by atoms with E-state index in [1.54, 1.807) is 31.2 Å². The fraction of sp³-hybridized carbons (Fsp3) is 0.200. The molecule has 0 fully saturated rings. The number of aryl methyl sites for hydroxylation is 1. The van der Waals surface area contributed by atoms with Crippen molar-refractivity contribution in [3.05, 3.63) is 53.5 Å². The van der Waals surface area contributed by atoms with Gasteiger partial charge in [-0.1, -0.05) is 12.1 Å². The molecule has 1 aromatic carbocycles. The van der Waals surface area contributed by atoms with Crippen molar-refractivity contribution in [1.29, 1.82) is 0 Å². The summed E-state index contributed by atoms with van der Waals surface area (Å²) in [6.45, 7) is 1.77. The average Bonchev–Trinajstić information content (AvgIpc) is 2.83. The van der Waals surface area contributed by atoms with Gasteiger partial charge in [-0.05, 0) is 30.7 Å². The third kappa shape index (κ3) is 3.62. The lowest BCUT2D eigenvalue weighted by atomic mass is 10.1. The molecule has 2 rings (SSSR count). The number of primary amides is 1. The van der Waals surface area contributed by atoms with Crippen LogP contribution in [0.5, 0.6) is 0 Å². The van der Waals surface area contributed by atoms with E-state index >= 15 is 0 Å². The summed E-state index contributed by atoms with van der Waals surface area (Å²) in [5, 5.41) is 0. The smallest absolute Gasteiger partial charge is 0.258 e. The van der Waals surface area contributed by atoms with Gasteiger partial charge >= 0.3 is 0 Å². The molecule has 0 atom stereocenters. The van der Waals surface area contributed by atoms with Crippen LogP contribution in [0.15, 0.2) is 41.0 Å². The zero-order valence-corrected chi connectivity index (χ0v) is 11.7. The van der Waals surface area contributed by atoms with Gasteiger partial charge in [0.1, 0.15) is 5.76 Å². The molecule has 2 amide bonds. The van der Waals surface area contributed by atoms with Gasteiger partial charge in [-0.15, -0.1) is 0 Å². The van der Waals surface area contributed by atoms with Crippen LogP contribution in [0.2, 0.25) is 0 Å². The second-order valence-corrected chi connectivity index (χ2v) is 4.76. The molecular formula is C15H17N3O3. The van der Waals surface area contributed by atoms with E-state index in [0.29, 0.717) is 17.0 Å². The molecule has 2 aromatic rings. The van der Waals surface area contributed by atoms with E-state index in [0.717, 1.165) is 5.56 Å². The summed E-state index contributed by atoms with van der Waals surface area (Å²) in [6.07, 6.45) is 1.44. The first kappa shape index (κ1) is 14.6. The second kappa shape index (κ2) is 6.13. The number of nitrogens with two attached hydrogens (primary N) is 2. The Bertz CT molecular complexity index is 664. The SMILES string of the molecule is Cc1occc1C(=O)N(CC(N)=O)Cc1cccc(N)c1. The van der Waals surface area contributed by atoms with Gasteiger partial charge in [-0.3, -0.25) is 9.59 Å². The number of nitrogen functional groups attached to an aromatic ring is 1. The van der Waals surface area contributed by atoms with Gasteiger partial charge in [-0.2, -0.15) is 0 Å². The molecule has 6 heteroatoms. The van der Waals surface area contributed by atoms with E-state index in [9.17, 15) is 9.59 Å². The van der Waals surface area contributed by atoms with E-state index in [1.807, 2.05) is 6.07 Å². The standard InChI is InChI=1S/C15H17N3O3/c1-10-13(5-6-21-10)15(20)18(9-14(17)19)8-11-3-2-4-12(16)7-11/h2-7H,8-9,16H2,1H3,(H2,17,19). The van der Waals surface area contributed by atoms with Crippen LogP contribution in [0.1, 0.15) is 21.7 Å². The molecule has 0 aliphatic carbocycles. The van der Waals surface area contributed by atoms with Crippen LogP contribution >= 0.6 is 0 Å². The lowest BCUT2D eigenvalue weighted by Gasteiger charge is -2.21. The van der Waals surface area contributed by atoms with Crippen LogP contribution in [-0.2, 0) is 11.3 Å². The summed E-state index contributed by atoms with van der Waals surface area (Å²) >= 11 is 0. The van der Waals surface area contributed by atoms with Crippen molar-refractivity contribution in [2.24, 2.45) is 5.73 Å². The van der Waals surface area contributed by atoms with Crippen LogP contribution in [0.25, 0.3) is 0 Å². The van der Waals surface area contributed by atoms with Crippen molar-refractivity contribution >= 4 is 17.5 Å². The first-order valence-corrected chi connectivity index (χ1v) is 6.43. The largest absolute Gasteiger partial charge is 0.469 e. The molecule has 0 radical (unpaired) electrons. The average molecular weight is 287 g/mol. The van der Waals surface area contributed by atoms with Gasteiger partial charge in [0.2, 0.25) is 5.91 Å². The van der Waals surface area contributed by atoms with E-state index < -0.39 is 5.91 Å². The fourth-order valence-electron chi connectivity index (χ4n) is 2.08. The lowest BCUT2D eigenvalue weighted by molar-refractivity contribution is -0.118. The molecular weight excluding hydrogens is 270 g/mol. The summed E-state index contributed by atoms with van der Waals surface area (Å²) in [4.78, 5) is 25.1. The summed E-state index contributed by atoms with van der Waals surface area (Å²) < 4.78 is 5.13. The topological polar surface area (TPSA) is 103 Å². The summed E-state index contributed by atoms with van der Waals surface area (Å²) in [5.74, 6) is -0.377. The number of carbonyl (C=O) groups excluding carboxylic acids is 2. The van der Waals surface area contributed by atoms with Crippen molar-refractivity contribution in [3.8, 4) is 0 Å². The number of benzene rings is 1. The number of anilines is 1. The van der Waals surface area contributed by atoms with Crippen LogP contribution in [0.3, 0.4) is 0 Å². The highest BCUT2D eigenvalue weighted by Gasteiger charge is 2.21. The molecule has 1 heterocycles. The molecule has 1 aromatic heterocycles. The van der Waals surface area contributed by atoms with Crippen molar-refractivity contribution in [3.63, 3.8) is 0 Å². The van der Waals surface area contributed by atoms with Gasteiger partial charge in [-0.25, -0.2) is 0 Å². The zero-order valence-electron chi connectivity index (χ0n) is 11.7. The maximum Gasteiger partial charge on any atom is 0.258 e. The van der Waals surface area contributed by atoms with Gasteiger partial charge in [0.15, 0.2) is 0 Å². The maximum atomic E-state index is 12.5. The van der Waals surface area contributed by atoms with E-state index in [4.69, 9.17) is 15.9 Å². The maximum absolute atomic E-state index is 12.5. The van der Waals surface area contributed by atoms with Gasteiger partial charge < -0.3 is 20.8 Å². The van der Waals surface area contributed by atoms with Crippen molar-refractivity contribution in [1.82, 2.24) is 4.90 Å². The highest BCUT2D eigenvalue weighted by molar-refractivity contribution is 5.97. The Labute approximate surface area is 122 Å². The Morgan fingerprint density at radius 1 is 1.29 bits per heavy atom. The Kier molecular flexibility index (Phi) is 4.27. The van der Waals surface area contributed by atoms with Crippen LogP contribution in [0.4, 0.5) is 5.69 Å². The summed E-state index contributed by atoms with van der Waals surface area (Å²) in [7, 11) is 0. The minimum atomic E-state index is -0.576. The Morgan fingerprint density at radius 3 is 2.62 bits per heavy atom. The Balaban J connectivity index is 2.24. The van der Waals surface area contributed by atoms with Gasteiger partial charge in [0.05, 0.1) is 18.4 Å². The van der Waals surface area contributed by atoms with Crippen LogP contribution in [0, 0.1) is 6.92 Å². The minimum absolute atomic E-state index is 0.168. The number of hydrogen-bond acceptors (Lipinski definition) is 4. The number of rotatable bonds is 5. The molecule has 0 spiro atoms. The molecule has 4 N–H and O–H groups in total. The van der Waals surface area contributed by atoms with Crippen molar-refractivity contribution in [2.75, 3.05) is 12.3 Å². The fourth-order valence-corrected chi connectivity index (χ4v) is 2.08. The summed E-state index contributed by atoms with van der Waals surface area (Å²) in [5.41, 5.74) is 12.8. The molecule has 6 nitrogen and oxygen atoms in total. The van der Waals surface area contributed by atoms with Gasteiger partial charge in [0.25, 0.3) is 5.91 Å². The molecule has 0 aliphatic heterocycles. The third-order valence-electron chi connectivity index (χ3n) is 3.05. The van der Waals surface area contributed by atoms with E-state index in [-0.39, 0.29) is 19.0 Å². The molecule has 0 bridgehead atoms. The van der Waals surface area contributed by atoms with Crippen LogP contribution in [-0.4, -0.2) is 23.3 Å². The minimum Gasteiger partial charge on any atom is -0.469 e.